The van der Waals surface area contributed by atoms with Crippen LogP contribution in [0.3, 0.4) is 0 Å². The van der Waals surface area contributed by atoms with Gasteiger partial charge in [0.05, 0.1) is 0 Å². The zero-order valence-corrected chi connectivity index (χ0v) is 6.37. The number of rotatable bonds is 1. The molecular formula is C6H13NO5. The number of hydrogen-bond acceptors (Lipinski definition) is 6. The number of hydrogen-bond donors (Lipinski definition) is 5. The molecule has 5 atom stereocenters. The molecule has 72 valence electrons. The predicted octanol–water partition coefficient (Wildman–Crippen LogP) is -3.25. The van der Waals surface area contributed by atoms with Gasteiger partial charge in [-0.25, -0.2) is 0 Å². The molecule has 1 fully saturated rings. The lowest BCUT2D eigenvalue weighted by atomic mass is 9.99. The van der Waals surface area contributed by atoms with E-state index in [2.05, 4.69) is 0 Å². The molecular weight excluding hydrogens is 166 g/mol. The maximum absolute atomic E-state index is 9.20. The molecule has 1 aliphatic rings. The van der Waals surface area contributed by atoms with E-state index in [1.165, 1.54) is 0 Å². The molecule has 6 N–H and O–H groups in total. The van der Waals surface area contributed by atoms with Crippen LogP contribution in [0.5, 0.6) is 0 Å². The fraction of sp³-hybridized carbons (Fsp3) is 1.00. The highest BCUT2D eigenvalue weighted by atomic mass is 16.6. The molecule has 0 saturated carbocycles. The normalized spacial score (nSPS) is 49.2. The summed E-state index contributed by atoms with van der Waals surface area (Å²) in [5.41, 5.74) is 5.17. The average molecular weight is 179 g/mol. The van der Waals surface area contributed by atoms with Crippen LogP contribution in [0.4, 0.5) is 0 Å². The number of nitrogens with two attached hydrogens (primary N) is 1. The van der Waals surface area contributed by atoms with Crippen molar-refractivity contribution in [3.8, 4) is 0 Å². The van der Waals surface area contributed by atoms with Gasteiger partial charge in [0.1, 0.15) is 24.4 Å². The Labute approximate surface area is 69.2 Å². The summed E-state index contributed by atoms with van der Waals surface area (Å²) in [5.74, 6) is 0. The third-order valence-electron chi connectivity index (χ3n) is 1.92. The molecule has 1 rings (SSSR count). The quantitative estimate of drug-likeness (QED) is 0.288. The van der Waals surface area contributed by atoms with E-state index >= 15 is 0 Å². The lowest BCUT2D eigenvalue weighted by Gasteiger charge is -2.37. The monoisotopic (exact) mass is 179 g/mol. The second-order valence-corrected chi connectivity index (χ2v) is 2.77. The van der Waals surface area contributed by atoms with Crippen LogP contribution < -0.4 is 5.73 Å². The van der Waals surface area contributed by atoms with Crippen LogP contribution in [0.25, 0.3) is 0 Å². The van der Waals surface area contributed by atoms with Crippen molar-refractivity contribution < 1.29 is 25.2 Å². The number of ether oxygens (including phenoxy) is 1. The Morgan fingerprint density at radius 1 is 1.00 bits per heavy atom. The van der Waals surface area contributed by atoms with Crippen molar-refractivity contribution in [2.24, 2.45) is 5.73 Å². The highest BCUT2D eigenvalue weighted by Crippen LogP contribution is 2.18. The van der Waals surface area contributed by atoms with Crippen molar-refractivity contribution in [1.82, 2.24) is 0 Å². The molecule has 12 heavy (non-hydrogen) atoms. The molecule has 0 aliphatic carbocycles. The first kappa shape index (κ1) is 9.85. The number of aliphatic hydroxyl groups is 4. The van der Waals surface area contributed by atoms with Gasteiger partial charge < -0.3 is 30.9 Å². The van der Waals surface area contributed by atoms with Gasteiger partial charge in [-0.2, -0.15) is 0 Å². The van der Waals surface area contributed by atoms with Gasteiger partial charge in [0.2, 0.25) is 0 Å². The summed E-state index contributed by atoms with van der Waals surface area (Å²) >= 11 is 0. The Bertz CT molecular complexity index is 150. The summed E-state index contributed by atoms with van der Waals surface area (Å²) < 4.78 is 4.70. The molecule has 0 aromatic carbocycles. The van der Waals surface area contributed by atoms with E-state index < -0.39 is 30.7 Å². The first-order chi connectivity index (χ1) is 5.57. The van der Waals surface area contributed by atoms with Crippen molar-refractivity contribution >= 4 is 0 Å². The van der Waals surface area contributed by atoms with Crippen LogP contribution >= 0.6 is 0 Å². The standard InChI is InChI=1S/C6H13NO5/c7-1-2-3(8)4(9)5(10)6(11)12-2/h2-6,8-11H,1,7H2/t2-,3+,4+,5+,6+/m1/s1. The van der Waals surface area contributed by atoms with Crippen molar-refractivity contribution in [2.75, 3.05) is 6.54 Å². The van der Waals surface area contributed by atoms with E-state index in [1.807, 2.05) is 0 Å². The fourth-order valence-electron chi connectivity index (χ4n) is 1.13. The smallest absolute Gasteiger partial charge is 0.184 e. The maximum atomic E-state index is 9.20. The van der Waals surface area contributed by atoms with Crippen molar-refractivity contribution in [2.45, 2.75) is 30.7 Å². The minimum absolute atomic E-state index is 0.0258. The second-order valence-electron chi connectivity index (χ2n) is 2.77. The van der Waals surface area contributed by atoms with E-state index in [1.54, 1.807) is 0 Å². The molecule has 6 nitrogen and oxygen atoms in total. The van der Waals surface area contributed by atoms with E-state index in [4.69, 9.17) is 25.8 Å². The molecule has 0 aromatic heterocycles. The van der Waals surface area contributed by atoms with Crippen molar-refractivity contribution in [3.63, 3.8) is 0 Å². The molecule has 0 aromatic rings. The average Bonchev–Trinajstić information content (AvgIpc) is 2.08. The third kappa shape index (κ3) is 1.58. The van der Waals surface area contributed by atoms with Gasteiger partial charge >= 0.3 is 0 Å². The Morgan fingerprint density at radius 2 is 1.58 bits per heavy atom. The Balaban J connectivity index is 2.63. The van der Waals surface area contributed by atoms with Crippen LogP contribution in [0.15, 0.2) is 0 Å². The van der Waals surface area contributed by atoms with Gasteiger partial charge in [-0.1, -0.05) is 0 Å². The summed E-state index contributed by atoms with van der Waals surface area (Å²) in [5, 5.41) is 36.3. The van der Waals surface area contributed by atoms with Crippen LogP contribution in [0.1, 0.15) is 0 Å². The molecule has 0 unspecified atom stereocenters. The van der Waals surface area contributed by atoms with Crippen LogP contribution in [0, 0.1) is 0 Å². The lowest BCUT2D eigenvalue weighted by molar-refractivity contribution is -0.279. The van der Waals surface area contributed by atoms with Gasteiger partial charge in [-0.15, -0.1) is 0 Å². The molecule has 0 amide bonds. The Morgan fingerprint density at radius 3 is 2.08 bits per heavy atom. The molecule has 1 heterocycles. The minimum Gasteiger partial charge on any atom is -0.388 e. The van der Waals surface area contributed by atoms with Gasteiger partial charge in [0.15, 0.2) is 6.29 Å². The zero-order valence-electron chi connectivity index (χ0n) is 6.37. The highest BCUT2D eigenvalue weighted by Gasteiger charge is 2.42. The van der Waals surface area contributed by atoms with Crippen LogP contribution in [0.2, 0.25) is 0 Å². The van der Waals surface area contributed by atoms with E-state index in [0.29, 0.717) is 0 Å². The molecule has 0 bridgehead atoms. The molecule has 1 saturated heterocycles. The lowest BCUT2D eigenvalue weighted by Crippen LogP contribution is -2.59. The minimum atomic E-state index is -1.49. The molecule has 0 radical (unpaired) electrons. The van der Waals surface area contributed by atoms with Crippen LogP contribution in [-0.2, 0) is 4.74 Å². The Kier molecular flexibility index (Phi) is 2.99. The van der Waals surface area contributed by atoms with E-state index in [9.17, 15) is 5.11 Å². The summed E-state index contributed by atoms with van der Waals surface area (Å²) in [6, 6.07) is 0. The van der Waals surface area contributed by atoms with Crippen LogP contribution in [-0.4, -0.2) is 57.7 Å². The van der Waals surface area contributed by atoms with E-state index in [0.717, 1.165) is 0 Å². The van der Waals surface area contributed by atoms with Gasteiger partial charge in [0, 0.05) is 6.54 Å². The molecule has 0 spiro atoms. The first-order valence-electron chi connectivity index (χ1n) is 3.65. The van der Waals surface area contributed by atoms with E-state index in [-0.39, 0.29) is 6.54 Å². The van der Waals surface area contributed by atoms with Gasteiger partial charge in [-0.3, -0.25) is 0 Å². The second kappa shape index (κ2) is 3.65. The first-order valence-corrected chi connectivity index (χ1v) is 3.65. The third-order valence-corrected chi connectivity index (χ3v) is 1.92. The van der Waals surface area contributed by atoms with Crippen molar-refractivity contribution in [1.29, 1.82) is 0 Å². The molecule has 6 heteroatoms. The summed E-state index contributed by atoms with van der Waals surface area (Å²) in [7, 11) is 0. The fourth-order valence-corrected chi connectivity index (χ4v) is 1.13. The zero-order chi connectivity index (χ0) is 9.30. The maximum Gasteiger partial charge on any atom is 0.184 e. The Hall–Kier alpha value is -0.240. The van der Waals surface area contributed by atoms with Gasteiger partial charge in [0.25, 0.3) is 0 Å². The molecule has 1 aliphatic heterocycles. The summed E-state index contributed by atoms with van der Waals surface area (Å²) in [6.07, 6.45) is -6.48. The summed E-state index contributed by atoms with van der Waals surface area (Å²) in [4.78, 5) is 0. The topological polar surface area (TPSA) is 116 Å². The largest absolute Gasteiger partial charge is 0.388 e. The predicted molar refractivity (Wildman–Crippen MR) is 38.0 cm³/mol. The van der Waals surface area contributed by atoms with Crippen molar-refractivity contribution in [3.05, 3.63) is 0 Å². The number of aliphatic hydroxyl groups excluding tert-OH is 4. The SMILES string of the molecule is NC[C@H]1O[C@H](O)[C@@H](O)[C@@H](O)[C@H]1O. The van der Waals surface area contributed by atoms with Gasteiger partial charge in [-0.05, 0) is 0 Å². The summed E-state index contributed by atoms with van der Waals surface area (Å²) in [6.45, 7) is -0.0258. The highest BCUT2D eigenvalue weighted by molar-refractivity contribution is 4.88.